The fourth-order valence-electron chi connectivity index (χ4n) is 4.97. The Morgan fingerprint density at radius 1 is 1.28 bits per heavy atom. The van der Waals surface area contributed by atoms with Gasteiger partial charge in [-0.3, -0.25) is 9.78 Å². The van der Waals surface area contributed by atoms with Gasteiger partial charge in [-0.2, -0.15) is 0 Å². The number of aromatic nitrogens is 1. The minimum Gasteiger partial charge on any atom is -0.497 e. The van der Waals surface area contributed by atoms with Crippen molar-refractivity contribution in [2.24, 2.45) is 11.8 Å². The number of ether oxygens (including phenoxy) is 1. The number of carboxylic acids is 1. The zero-order chi connectivity index (χ0) is 25.5. The van der Waals surface area contributed by atoms with Gasteiger partial charge >= 0.3 is 5.97 Å². The first-order valence-electron chi connectivity index (χ1n) is 12.3. The number of methoxy groups -OCH3 is 1. The number of pyridine rings is 1. The van der Waals surface area contributed by atoms with E-state index in [1.165, 1.54) is 4.90 Å². The zero-order valence-corrected chi connectivity index (χ0v) is 22.0. The first-order chi connectivity index (χ1) is 17.4. The van der Waals surface area contributed by atoms with Crippen LogP contribution in [-0.2, 0) is 4.79 Å². The van der Waals surface area contributed by atoms with Crippen molar-refractivity contribution in [2.75, 3.05) is 32.5 Å². The second kappa shape index (κ2) is 12.7. The molecule has 0 amide bonds. The standard InChI is InChI=1S/C28H32ClFN2O3S/c1-35-21-6-10-27-24(17-21)23(11-13-31-27)26(30)9-3-19-12-15-32(18-25(19)28(33)34)14-2-16-36-22-7-4-20(29)5-8-22/h4-8,10-11,13,17,19,25-26H,2-3,9,12,14-16,18H2,1H3,(H,33,34)/t19-,25+,26+/m1/s1. The van der Waals surface area contributed by atoms with Crippen LogP contribution in [0, 0.1) is 11.8 Å². The van der Waals surface area contributed by atoms with Crippen LogP contribution in [0.25, 0.3) is 10.9 Å². The van der Waals surface area contributed by atoms with Gasteiger partial charge in [0.15, 0.2) is 0 Å². The van der Waals surface area contributed by atoms with E-state index in [1.807, 2.05) is 42.5 Å². The number of carbonyl (C=O) groups is 1. The predicted molar refractivity (Wildman–Crippen MR) is 144 cm³/mol. The highest BCUT2D eigenvalue weighted by Gasteiger charge is 2.34. The Morgan fingerprint density at radius 2 is 2.08 bits per heavy atom. The molecule has 2 aromatic carbocycles. The Morgan fingerprint density at radius 3 is 2.83 bits per heavy atom. The summed E-state index contributed by atoms with van der Waals surface area (Å²) in [4.78, 5) is 19.8. The first kappa shape index (κ1) is 26.7. The fourth-order valence-corrected chi connectivity index (χ4v) is 5.93. The minimum atomic E-state index is -1.18. The molecule has 1 aliphatic rings. The number of hydrogen-bond acceptors (Lipinski definition) is 5. The number of aliphatic carboxylic acids is 1. The largest absolute Gasteiger partial charge is 0.497 e. The highest BCUT2D eigenvalue weighted by atomic mass is 35.5. The maximum atomic E-state index is 15.4. The number of alkyl halides is 1. The second-order valence-corrected chi connectivity index (χ2v) is 10.9. The lowest BCUT2D eigenvalue weighted by molar-refractivity contribution is -0.146. The zero-order valence-electron chi connectivity index (χ0n) is 20.4. The number of nitrogens with zero attached hydrogens (tertiary/aromatic N) is 2. The molecule has 1 N–H and O–H groups in total. The number of hydrogen-bond donors (Lipinski definition) is 1. The van der Waals surface area contributed by atoms with E-state index in [2.05, 4.69) is 9.88 Å². The minimum absolute atomic E-state index is 0.0249. The topological polar surface area (TPSA) is 62.7 Å². The summed E-state index contributed by atoms with van der Waals surface area (Å²) in [5, 5.41) is 11.4. The summed E-state index contributed by atoms with van der Waals surface area (Å²) >= 11 is 7.72. The SMILES string of the molecule is COc1ccc2nccc([C@@H](F)CC[C@@H]3CCN(CCCSc4ccc(Cl)cc4)C[C@@H]3C(=O)O)c2c1. The summed E-state index contributed by atoms with van der Waals surface area (Å²) in [6.07, 6.45) is 3.05. The van der Waals surface area contributed by atoms with Crippen molar-refractivity contribution in [3.8, 4) is 5.75 Å². The van der Waals surface area contributed by atoms with Crippen LogP contribution in [0.5, 0.6) is 5.75 Å². The molecule has 0 saturated carbocycles. The van der Waals surface area contributed by atoms with E-state index in [1.54, 1.807) is 31.1 Å². The molecule has 0 radical (unpaired) electrons. The van der Waals surface area contributed by atoms with Gasteiger partial charge in [0, 0.05) is 28.0 Å². The molecule has 3 aromatic rings. The monoisotopic (exact) mass is 530 g/mol. The summed E-state index contributed by atoms with van der Waals surface area (Å²) in [6, 6.07) is 15.0. The molecule has 1 aromatic heterocycles. The number of likely N-dealkylation sites (tertiary alicyclic amines) is 1. The molecule has 3 atom stereocenters. The Balaban J connectivity index is 1.29. The Hall–Kier alpha value is -2.35. The van der Waals surface area contributed by atoms with Crippen LogP contribution in [0.2, 0.25) is 5.02 Å². The lowest BCUT2D eigenvalue weighted by Gasteiger charge is -2.36. The molecule has 36 heavy (non-hydrogen) atoms. The average Bonchev–Trinajstić information content (AvgIpc) is 2.90. The number of thioether (sulfide) groups is 1. The highest BCUT2D eigenvalue weighted by Crippen LogP contribution is 2.35. The molecule has 1 aliphatic heterocycles. The van der Waals surface area contributed by atoms with Gasteiger partial charge in [0.2, 0.25) is 0 Å². The Kier molecular flexibility index (Phi) is 9.46. The number of piperidine rings is 1. The van der Waals surface area contributed by atoms with E-state index in [9.17, 15) is 9.90 Å². The molecular weight excluding hydrogens is 499 g/mol. The molecule has 1 fully saturated rings. The molecule has 5 nitrogen and oxygen atoms in total. The smallest absolute Gasteiger partial charge is 0.308 e. The van der Waals surface area contributed by atoms with Crippen molar-refractivity contribution in [1.29, 1.82) is 0 Å². The molecule has 0 spiro atoms. The van der Waals surface area contributed by atoms with Gasteiger partial charge in [0.1, 0.15) is 11.9 Å². The number of halogens is 2. The molecule has 1 saturated heterocycles. The summed E-state index contributed by atoms with van der Waals surface area (Å²) in [6.45, 7) is 2.25. The maximum absolute atomic E-state index is 15.4. The molecular formula is C28H32ClFN2O3S. The van der Waals surface area contributed by atoms with Crippen LogP contribution >= 0.6 is 23.4 Å². The molecule has 8 heteroatoms. The van der Waals surface area contributed by atoms with Crippen molar-refractivity contribution in [2.45, 2.75) is 36.8 Å². The predicted octanol–water partition coefficient (Wildman–Crippen LogP) is 6.89. The quantitative estimate of drug-likeness (QED) is 0.215. The normalized spacial score (nSPS) is 19.3. The van der Waals surface area contributed by atoms with Gasteiger partial charge < -0.3 is 14.7 Å². The van der Waals surface area contributed by atoms with Gasteiger partial charge in [-0.15, -0.1) is 11.8 Å². The molecule has 0 bridgehead atoms. The summed E-state index contributed by atoms with van der Waals surface area (Å²) in [5.74, 6) is 0.351. The maximum Gasteiger partial charge on any atom is 0.308 e. The van der Waals surface area contributed by atoms with Gasteiger partial charge in [-0.1, -0.05) is 11.6 Å². The van der Waals surface area contributed by atoms with Crippen LogP contribution in [0.1, 0.15) is 37.4 Å². The van der Waals surface area contributed by atoms with Crippen LogP contribution in [0.15, 0.2) is 59.6 Å². The van der Waals surface area contributed by atoms with Crippen LogP contribution in [0.3, 0.4) is 0 Å². The van der Waals surface area contributed by atoms with Crippen LogP contribution in [-0.4, -0.2) is 53.5 Å². The average molecular weight is 531 g/mol. The molecule has 2 heterocycles. The van der Waals surface area contributed by atoms with E-state index in [0.717, 1.165) is 47.6 Å². The van der Waals surface area contributed by atoms with Gasteiger partial charge in [-0.05, 0) is 105 Å². The number of rotatable bonds is 11. The number of carboxylic acid groups (broad SMARTS) is 1. The van der Waals surface area contributed by atoms with Gasteiger partial charge in [-0.25, -0.2) is 4.39 Å². The molecule has 0 unspecified atom stereocenters. The fraction of sp³-hybridized carbons (Fsp3) is 0.429. The summed E-state index contributed by atoms with van der Waals surface area (Å²) in [7, 11) is 1.58. The number of fused-ring (bicyclic) bond motifs is 1. The molecule has 0 aliphatic carbocycles. The van der Waals surface area contributed by atoms with Crippen molar-refractivity contribution < 1.29 is 19.0 Å². The third-order valence-electron chi connectivity index (χ3n) is 6.97. The third kappa shape index (κ3) is 6.90. The van der Waals surface area contributed by atoms with Crippen molar-refractivity contribution >= 4 is 40.2 Å². The van der Waals surface area contributed by atoms with Crippen molar-refractivity contribution in [1.82, 2.24) is 9.88 Å². The lowest BCUT2D eigenvalue weighted by Crippen LogP contribution is -2.44. The first-order valence-corrected chi connectivity index (χ1v) is 13.7. The Bertz CT molecular complexity index is 1160. The van der Waals surface area contributed by atoms with Crippen molar-refractivity contribution in [3.63, 3.8) is 0 Å². The van der Waals surface area contributed by atoms with E-state index in [0.29, 0.717) is 30.7 Å². The highest BCUT2D eigenvalue weighted by molar-refractivity contribution is 7.99. The lowest BCUT2D eigenvalue weighted by atomic mass is 9.81. The third-order valence-corrected chi connectivity index (χ3v) is 8.32. The Labute approximate surface area is 221 Å². The van der Waals surface area contributed by atoms with E-state index in [4.69, 9.17) is 16.3 Å². The van der Waals surface area contributed by atoms with Gasteiger partial charge in [0.25, 0.3) is 0 Å². The summed E-state index contributed by atoms with van der Waals surface area (Å²) < 4.78 is 20.7. The molecule has 192 valence electrons. The van der Waals surface area contributed by atoms with E-state index >= 15 is 4.39 Å². The van der Waals surface area contributed by atoms with Crippen LogP contribution < -0.4 is 4.74 Å². The second-order valence-electron chi connectivity index (χ2n) is 9.28. The van der Waals surface area contributed by atoms with E-state index < -0.39 is 18.1 Å². The molecule has 4 rings (SSSR count). The van der Waals surface area contributed by atoms with Gasteiger partial charge in [0.05, 0.1) is 18.5 Å². The van der Waals surface area contributed by atoms with E-state index in [-0.39, 0.29) is 5.92 Å². The number of benzene rings is 2. The van der Waals surface area contributed by atoms with Crippen LogP contribution in [0.4, 0.5) is 4.39 Å². The van der Waals surface area contributed by atoms with Crippen molar-refractivity contribution in [3.05, 3.63) is 65.3 Å². The summed E-state index contributed by atoms with van der Waals surface area (Å²) in [5.41, 5.74) is 1.31.